The summed E-state index contributed by atoms with van der Waals surface area (Å²) in [5.74, 6) is -0.389. The maximum atomic E-state index is 12.3. The molecule has 3 rings (SSSR count). The van der Waals surface area contributed by atoms with Crippen molar-refractivity contribution in [2.75, 3.05) is 5.32 Å². The first-order chi connectivity index (χ1) is 12.4. The second kappa shape index (κ2) is 7.92. The molecule has 1 amide bonds. The molecule has 26 heavy (non-hydrogen) atoms. The Kier molecular flexibility index (Phi) is 5.62. The highest BCUT2D eigenvalue weighted by Crippen LogP contribution is 2.21. The topological polar surface area (TPSA) is 101 Å². The number of carbonyl (C=O) groups is 1. The number of nitrogens with zero attached hydrogens (tertiary/aromatic N) is 2. The normalized spacial score (nSPS) is 11.3. The maximum Gasteiger partial charge on any atom is 0.270 e. The molecule has 134 valence electrons. The molecule has 0 bridgehead atoms. The summed E-state index contributed by atoms with van der Waals surface area (Å²) in [5.41, 5.74) is 1.19. The molecule has 0 radical (unpaired) electrons. The van der Waals surface area contributed by atoms with E-state index in [2.05, 4.69) is 20.2 Å². The molecule has 2 N–H and O–H groups in total. The van der Waals surface area contributed by atoms with Crippen LogP contribution < -0.4 is 10.0 Å². The first kappa shape index (κ1) is 18.5. The van der Waals surface area contributed by atoms with Gasteiger partial charge < -0.3 is 0 Å². The molecule has 0 spiro atoms. The minimum atomic E-state index is -3.84. The Morgan fingerprint density at radius 1 is 1.04 bits per heavy atom. The van der Waals surface area contributed by atoms with Gasteiger partial charge >= 0.3 is 0 Å². The van der Waals surface area contributed by atoms with Crippen LogP contribution in [0.4, 0.5) is 5.13 Å². The van der Waals surface area contributed by atoms with Gasteiger partial charge in [0.1, 0.15) is 0 Å². The third kappa shape index (κ3) is 4.64. The Bertz CT molecular complexity index is 1010. The Labute approximate surface area is 159 Å². The van der Waals surface area contributed by atoms with Crippen LogP contribution in [0.2, 0.25) is 5.02 Å². The number of sulfonamides is 1. The third-order valence-corrected chi connectivity index (χ3v) is 6.13. The minimum absolute atomic E-state index is 0.0881. The van der Waals surface area contributed by atoms with Crippen molar-refractivity contribution in [3.63, 3.8) is 0 Å². The molecule has 0 fully saturated rings. The molecule has 7 nitrogen and oxygen atoms in total. The Balaban J connectivity index is 1.66. The van der Waals surface area contributed by atoms with E-state index in [0.29, 0.717) is 10.6 Å². The van der Waals surface area contributed by atoms with Crippen molar-refractivity contribution in [2.24, 2.45) is 0 Å². The fourth-order valence-electron chi connectivity index (χ4n) is 1.97. The number of nitrogens with one attached hydrogen (secondary N) is 2. The van der Waals surface area contributed by atoms with E-state index >= 15 is 0 Å². The van der Waals surface area contributed by atoms with E-state index in [9.17, 15) is 13.2 Å². The van der Waals surface area contributed by atoms with Gasteiger partial charge in [0.05, 0.1) is 0 Å². The predicted molar refractivity (Wildman–Crippen MR) is 99.8 cm³/mol. The zero-order chi connectivity index (χ0) is 18.6. The van der Waals surface area contributed by atoms with Crippen LogP contribution in [0.1, 0.15) is 15.9 Å². The van der Waals surface area contributed by atoms with Crippen LogP contribution in [0, 0.1) is 0 Å². The standard InChI is InChI=1S/C16H13ClN4O3S2/c17-13-8-6-11(7-9-13)10-18-26(23,24)16-21-20-15(25-16)19-14(22)12-4-2-1-3-5-12/h1-9,18H,10H2,(H,19,20,22). The predicted octanol–water partition coefficient (Wildman–Crippen LogP) is 2.92. The number of hydrogen-bond donors (Lipinski definition) is 2. The number of benzene rings is 2. The molecular weight excluding hydrogens is 396 g/mol. The zero-order valence-electron chi connectivity index (χ0n) is 13.2. The van der Waals surface area contributed by atoms with Gasteiger partial charge in [0.25, 0.3) is 15.9 Å². The summed E-state index contributed by atoms with van der Waals surface area (Å²) < 4.78 is 26.8. The maximum absolute atomic E-state index is 12.3. The molecule has 0 saturated heterocycles. The second-order valence-electron chi connectivity index (χ2n) is 5.14. The van der Waals surface area contributed by atoms with Crippen molar-refractivity contribution >= 4 is 44.0 Å². The number of rotatable bonds is 6. The highest BCUT2D eigenvalue weighted by Gasteiger charge is 2.21. The molecule has 0 aliphatic rings. The van der Waals surface area contributed by atoms with Crippen molar-refractivity contribution in [1.82, 2.24) is 14.9 Å². The first-order valence-electron chi connectivity index (χ1n) is 7.38. The van der Waals surface area contributed by atoms with Crippen molar-refractivity contribution in [1.29, 1.82) is 0 Å². The minimum Gasteiger partial charge on any atom is -0.296 e. The van der Waals surface area contributed by atoms with Gasteiger partial charge in [-0.15, -0.1) is 10.2 Å². The Morgan fingerprint density at radius 3 is 2.42 bits per heavy atom. The van der Waals surface area contributed by atoms with Crippen LogP contribution in [-0.2, 0) is 16.6 Å². The number of hydrogen-bond acceptors (Lipinski definition) is 6. The van der Waals surface area contributed by atoms with E-state index < -0.39 is 10.0 Å². The van der Waals surface area contributed by atoms with Crippen molar-refractivity contribution < 1.29 is 13.2 Å². The van der Waals surface area contributed by atoms with E-state index in [1.54, 1.807) is 54.6 Å². The van der Waals surface area contributed by atoms with E-state index in [-0.39, 0.29) is 21.9 Å². The summed E-state index contributed by atoms with van der Waals surface area (Å²) >= 11 is 6.57. The molecular formula is C16H13ClN4O3S2. The van der Waals surface area contributed by atoms with Crippen LogP contribution in [0.5, 0.6) is 0 Å². The lowest BCUT2D eigenvalue weighted by Gasteiger charge is -2.03. The molecule has 0 aliphatic carbocycles. The summed E-state index contributed by atoms with van der Waals surface area (Å²) in [6, 6.07) is 15.3. The number of halogens is 1. The van der Waals surface area contributed by atoms with Crippen LogP contribution in [-0.4, -0.2) is 24.5 Å². The van der Waals surface area contributed by atoms with Gasteiger partial charge in [-0.3, -0.25) is 10.1 Å². The number of amides is 1. The van der Waals surface area contributed by atoms with E-state index in [4.69, 9.17) is 11.6 Å². The van der Waals surface area contributed by atoms with Gasteiger partial charge in [-0.05, 0) is 29.8 Å². The molecule has 1 aromatic heterocycles. The number of anilines is 1. The molecule has 10 heteroatoms. The highest BCUT2D eigenvalue weighted by molar-refractivity contribution is 7.91. The number of carbonyl (C=O) groups excluding carboxylic acids is 1. The quantitative estimate of drug-likeness (QED) is 0.610. The SMILES string of the molecule is O=C(Nc1nnc(S(=O)(=O)NCc2ccc(Cl)cc2)s1)c1ccccc1. The molecule has 0 saturated carbocycles. The highest BCUT2D eigenvalue weighted by atomic mass is 35.5. The van der Waals surface area contributed by atoms with Crippen molar-refractivity contribution in [2.45, 2.75) is 10.9 Å². The Morgan fingerprint density at radius 2 is 1.73 bits per heavy atom. The lowest BCUT2D eigenvalue weighted by molar-refractivity contribution is 0.102. The lowest BCUT2D eigenvalue weighted by atomic mass is 10.2. The summed E-state index contributed by atoms with van der Waals surface area (Å²) in [4.78, 5) is 12.1. The van der Waals surface area contributed by atoms with Crippen molar-refractivity contribution in [3.05, 3.63) is 70.7 Å². The van der Waals surface area contributed by atoms with Gasteiger partial charge in [-0.1, -0.05) is 53.3 Å². The van der Waals surface area contributed by atoms with Gasteiger partial charge in [0, 0.05) is 17.1 Å². The monoisotopic (exact) mass is 408 g/mol. The summed E-state index contributed by atoms with van der Waals surface area (Å²) in [5, 5.41) is 10.6. The summed E-state index contributed by atoms with van der Waals surface area (Å²) in [6.07, 6.45) is 0. The van der Waals surface area contributed by atoms with E-state index in [1.807, 2.05) is 0 Å². The van der Waals surface area contributed by atoms with Crippen LogP contribution in [0.15, 0.2) is 58.9 Å². The fourth-order valence-corrected chi connectivity index (χ4v) is 4.05. The van der Waals surface area contributed by atoms with Crippen molar-refractivity contribution in [3.8, 4) is 0 Å². The van der Waals surface area contributed by atoms with Gasteiger partial charge in [-0.2, -0.15) is 0 Å². The molecule has 0 unspecified atom stereocenters. The smallest absolute Gasteiger partial charge is 0.270 e. The van der Waals surface area contributed by atoms with Gasteiger partial charge in [0.2, 0.25) is 9.47 Å². The summed E-state index contributed by atoms with van der Waals surface area (Å²) in [7, 11) is -3.84. The zero-order valence-corrected chi connectivity index (χ0v) is 15.6. The first-order valence-corrected chi connectivity index (χ1v) is 10.1. The third-order valence-electron chi connectivity index (χ3n) is 3.27. The molecule has 0 aliphatic heterocycles. The van der Waals surface area contributed by atoms with Gasteiger partial charge in [0.15, 0.2) is 0 Å². The molecule has 1 heterocycles. The van der Waals surface area contributed by atoms with E-state index in [1.165, 1.54) is 0 Å². The fraction of sp³-hybridized carbons (Fsp3) is 0.0625. The molecule has 3 aromatic rings. The van der Waals surface area contributed by atoms with Crippen LogP contribution >= 0.6 is 22.9 Å². The largest absolute Gasteiger partial charge is 0.296 e. The second-order valence-corrected chi connectivity index (χ2v) is 8.50. The van der Waals surface area contributed by atoms with Gasteiger partial charge in [-0.25, -0.2) is 13.1 Å². The summed E-state index contributed by atoms with van der Waals surface area (Å²) in [6.45, 7) is 0.0881. The van der Waals surface area contributed by atoms with Crippen LogP contribution in [0.3, 0.4) is 0 Å². The average Bonchev–Trinajstić information content (AvgIpc) is 3.11. The average molecular weight is 409 g/mol. The van der Waals surface area contributed by atoms with E-state index in [0.717, 1.165) is 16.9 Å². The Hall–Kier alpha value is -2.33. The number of aromatic nitrogens is 2. The van der Waals surface area contributed by atoms with Crippen LogP contribution in [0.25, 0.3) is 0 Å². The molecule has 2 aromatic carbocycles. The molecule has 0 atom stereocenters. The lowest BCUT2D eigenvalue weighted by Crippen LogP contribution is -2.23.